The highest BCUT2D eigenvalue weighted by Gasteiger charge is 2.48. The molecule has 0 radical (unpaired) electrons. The maximum absolute atomic E-state index is 3.75. The van der Waals surface area contributed by atoms with E-state index in [1.54, 1.807) is 0 Å². The highest BCUT2D eigenvalue weighted by molar-refractivity contribution is 9.10. The number of halogens is 2. The number of hydrogen-bond donors (Lipinski definition) is 0. The summed E-state index contributed by atoms with van der Waals surface area (Å²) in [6.45, 7) is 0. The van der Waals surface area contributed by atoms with Crippen LogP contribution in [0.25, 0.3) is 23.3 Å². The minimum atomic E-state index is -0.352. The van der Waals surface area contributed by atoms with Crippen molar-refractivity contribution in [2.24, 2.45) is 0 Å². The van der Waals surface area contributed by atoms with Crippen molar-refractivity contribution in [1.29, 1.82) is 0 Å². The quantitative estimate of drug-likeness (QED) is 0.198. The molecule has 29 heavy (non-hydrogen) atoms. The van der Waals surface area contributed by atoms with Crippen LogP contribution in [0, 0.1) is 0 Å². The molecule has 0 aliphatic heterocycles. The first-order valence-electron chi connectivity index (χ1n) is 9.67. The molecule has 2 aliphatic carbocycles. The zero-order chi connectivity index (χ0) is 19.6. The lowest BCUT2D eigenvalue weighted by Gasteiger charge is -2.35. The summed E-state index contributed by atoms with van der Waals surface area (Å²) in [7, 11) is 0. The van der Waals surface area contributed by atoms with Gasteiger partial charge in [0.15, 0.2) is 0 Å². The Morgan fingerprint density at radius 1 is 0.483 bits per heavy atom. The van der Waals surface area contributed by atoms with Gasteiger partial charge in [-0.05, 0) is 68.8 Å². The maximum Gasteiger partial charge on any atom is 0.0725 e. The molecule has 0 amide bonds. The van der Waals surface area contributed by atoms with Gasteiger partial charge in [-0.1, -0.05) is 105 Å². The summed E-state index contributed by atoms with van der Waals surface area (Å²) in [5.41, 5.74) is 10.1. The van der Waals surface area contributed by atoms with Gasteiger partial charge < -0.3 is 0 Å². The van der Waals surface area contributed by atoms with Crippen LogP contribution >= 0.6 is 31.9 Å². The smallest absolute Gasteiger partial charge is 0.0619 e. The van der Waals surface area contributed by atoms with Gasteiger partial charge in [0.05, 0.1) is 5.41 Å². The molecule has 0 N–H and O–H groups in total. The van der Waals surface area contributed by atoms with Crippen LogP contribution in [0.1, 0.15) is 33.4 Å². The van der Waals surface area contributed by atoms with E-state index in [-0.39, 0.29) is 5.41 Å². The van der Waals surface area contributed by atoms with Gasteiger partial charge in [0, 0.05) is 8.95 Å². The normalized spacial score (nSPS) is 14.7. The van der Waals surface area contributed by atoms with E-state index in [9.17, 15) is 0 Å². The van der Waals surface area contributed by atoms with Gasteiger partial charge in [-0.2, -0.15) is 0 Å². The third kappa shape index (κ3) is 2.30. The highest BCUT2D eigenvalue weighted by Crippen LogP contribution is 2.58. The molecule has 4 aromatic rings. The van der Waals surface area contributed by atoms with Gasteiger partial charge in [-0.3, -0.25) is 0 Å². The summed E-state index contributed by atoms with van der Waals surface area (Å²) >= 11 is 7.49. The zero-order valence-corrected chi connectivity index (χ0v) is 18.7. The molecular weight excluding hydrogens is 484 g/mol. The lowest BCUT2D eigenvalue weighted by molar-refractivity contribution is 0.765. The lowest BCUT2D eigenvalue weighted by atomic mass is 9.66. The second-order valence-electron chi connectivity index (χ2n) is 7.64. The fourth-order valence-electron chi connectivity index (χ4n) is 5.14. The molecule has 0 heterocycles. The molecule has 138 valence electrons. The highest BCUT2D eigenvalue weighted by atomic mass is 79.9. The predicted octanol–water partition coefficient (Wildman–Crippen LogP) is 8.06. The topological polar surface area (TPSA) is 0 Å². The van der Waals surface area contributed by atoms with E-state index in [0.717, 1.165) is 8.95 Å². The SMILES string of the molecule is Brc1ccc2c(c1)C1(c3cc(Br)ccc3C=C2)c2ccccc2-c2ccccc21. The number of fused-ring (bicyclic) bond motifs is 9. The van der Waals surface area contributed by atoms with Crippen molar-refractivity contribution in [2.45, 2.75) is 5.41 Å². The van der Waals surface area contributed by atoms with E-state index in [1.165, 1.54) is 44.5 Å². The summed E-state index contributed by atoms with van der Waals surface area (Å²) in [5.74, 6) is 0. The second kappa shape index (κ2) is 6.29. The second-order valence-corrected chi connectivity index (χ2v) is 9.47. The maximum atomic E-state index is 3.75. The Morgan fingerprint density at radius 3 is 1.41 bits per heavy atom. The summed E-state index contributed by atoms with van der Waals surface area (Å²) in [6.07, 6.45) is 4.51. The van der Waals surface area contributed by atoms with Crippen molar-refractivity contribution in [3.8, 4) is 11.1 Å². The molecular formula is C27H16Br2. The average molecular weight is 500 g/mol. The Morgan fingerprint density at radius 2 is 0.931 bits per heavy atom. The van der Waals surface area contributed by atoms with Crippen LogP contribution < -0.4 is 0 Å². The molecule has 0 bridgehead atoms. The van der Waals surface area contributed by atoms with Crippen molar-refractivity contribution in [1.82, 2.24) is 0 Å². The van der Waals surface area contributed by atoms with E-state index in [1.807, 2.05) is 0 Å². The van der Waals surface area contributed by atoms with Crippen molar-refractivity contribution in [3.05, 3.63) is 127 Å². The van der Waals surface area contributed by atoms with E-state index >= 15 is 0 Å². The van der Waals surface area contributed by atoms with Crippen LogP contribution in [0.2, 0.25) is 0 Å². The Balaban J connectivity index is 1.89. The Kier molecular flexibility index (Phi) is 3.78. The molecule has 0 nitrogen and oxygen atoms in total. The molecule has 0 saturated carbocycles. The van der Waals surface area contributed by atoms with Crippen LogP contribution in [0.15, 0.2) is 93.9 Å². The molecule has 0 saturated heterocycles. The molecule has 6 rings (SSSR count). The van der Waals surface area contributed by atoms with Crippen molar-refractivity contribution in [2.75, 3.05) is 0 Å². The van der Waals surface area contributed by atoms with Crippen LogP contribution in [-0.4, -0.2) is 0 Å². The van der Waals surface area contributed by atoms with Crippen molar-refractivity contribution in [3.63, 3.8) is 0 Å². The zero-order valence-electron chi connectivity index (χ0n) is 15.5. The molecule has 1 spiro atoms. The van der Waals surface area contributed by atoms with E-state index < -0.39 is 0 Å². The number of benzene rings is 4. The molecule has 4 aromatic carbocycles. The molecule has 0 unspecified atom stereocenters. The van der Waals surface area contributed by atoms with Crippen LogP contribution in [0.5, 0.6) is 0 Å². The van der Waals surface area contributed by atoms with E-state index in [2.05, 4.69) is 129 Å². The molecule has 0 aromatic heterocycles. The fraction of sp³-hybridized carbons (Fsp3) is 0.0370. The molecule has 2 heteroatoms. The van der Waals surface area contributed by atoms with Gasteiger partial charge >= 0.3 is 0 Å². The monoisotopic (exact) mass is 498 g/mol. The van der Waals surface area contributed by atoms with Crippen LogP contribution in [0.4, 0.5) is 0 Å². The first-order valence-corrected chi connectivity index (χ1v) is 11.3. The fourth-order valence-corrected chi connectivity index (χ4v) is 5.86. The molecule has 0 atom stereocenters. The lowest BCUT2D eigenvalue weighted by Crippen LogP contribution is -2.30. The average Bonchev–Trinajstić information content (AvgIpc) is 2.96. The summed E-state index contributed by atoms with van der Waals surface area (Å²) in [6, 6.07) is 31.1. The van der Waals surface area contributed by atoms with Crippen molar-refractivity contribution >= 4 is 44.0 Å². The van der Waals surface area contributed by atoms with Gasteiger partial charge in [-0.15, -0.1) is 0 Å². The van der Waals surface area contributed by atoms with Crippen molar-refractivity contribution < 1.29 is 0 Å². The summed E-state index contributed by atoms with van der Waals surface area (Å²) in [5, 5.41) is 0. The Bertz CT molecular complexity index is 1230. The van der Waals surface area contributed by atoms with Crippen LogP contribution in [-0.2, 0) is 5.41 Å². The van der Waals surface area contributed by atoms with Gasteiger partial charge in [-0.25, -0.2) is 0 Å². The first-order chi connectivity index (χ1) is 14.2. The first kappa shape index (κ1) is 17.4. The summed E-state index contributed by atoms with van der Waals surface area (Å²) in [4.78, 5) is 0. The minimum Gasteiger partial charge on any atom is -0.0619 e. The third-order valence-electron chi connectivity index (χ3n) is 6.23. The Hall–Kier alpha value is -2.42. The van der Waals surface area contributed by atoms with Gasteiger partial charge in [0.2, 0.25) is 0 Å². The van der Waals surface area contributed by atoms with Gasteiger partial charge in [0.25, 0.3) is 0 Å². The molecule has 0 fully saturated rings. The third-order valence-corrected chi connectivity index (χ3v) is 7.22. The molecule has 2 aliphatic rings. The minimum absolute atomic E-state index is 0.352. The Labute approximate surface area is 187 Å². The van der Waals surface area contributed by atoms with E-state index in [0.29, 0.717) is 0 Å². The number of rotatable bonds is 0. The predicted molar refractivity (Wildman–Crippen MR) is 128 cm³/mol. The largest absolute Gasteiger partial charge is 0.0725 e. The van der Waals surface area contributed by atoms with Crippen LogP contribution in [0.3, 0.4) is 0 Å². The van der Waals surface area contributed by atoms with Gasteiger partial charge in [0.1, 0.15) is 0 Å². The number of hydrogen-bond acceptors (Lipinski definition) is 0. The van der Waals surface area contributed by atoms with E-state index in [4.69, 9.17) is 0 Å². The standard InChI is InChI=1S/C27H16Br2/c28-19-13-11-17-9-10-18-12-14-20(29)16-26(18)27(25(17)15-19)23-7-3-1-5-21(23)22-6-2-4-8-24(22)27/h1-16H. The summed E-state index contributed by atoms with van der Waals surface area (Å²) < 4.78 is 2.20.